The van der Waals surface area contributed by atoms with Crippen LogP contribution in [0.2, 0.25) is 0 Å². The van der Waals surface area contributed by atoms with Gasteiger partial charge in [0.2, 0.25) is 18.3 Å². The fraction of sp³-hybridized carbons (Fsp3) is 0.185. The normalized spacial score (nSPS) is 11.7. The molecule has 0 saturated carbocycles. The zero-order valence-corrected chi connectivity index (χ0v) is 21.6. The first-order chi connectivity index (χ1) is 18.2. The highest BCUT2D eigenvalue weighted by molar-refractivity contribution is 6.56. The van der Waals surface area contributed by atoms with Gasteiger partial charge < -0.3 is 20.3 Å². The van der Waals surface area contributed by atoms with Gasteiger partial charge in [0.1, 0.15) is 7.85 Å². The molecule has 1 heterocycles. The number of methoxy groups -OCH3 is 1. The number of allylic oxidation sites excluding steroid dienone is 3. The summed E-state index contributed by atoms with van der Waals surface area (Å²) in [6, 6.07) is 13.1. The number of aromatic nitrogens is 2. The first-order valence-corrected chi connectivity index (χ1v) is 11.7. The maximum Gasteiger partial charge on any atom is 0.242 e. The highest BCUT2D eigenvalue weighted by atomic mass is 16.5. The molecule has 0 unspecified atom stereocenters. The minimum absolute atomic E-state index is 0.231. The van der Waals surface area contributed by atoms with Crippen molar-refractivity contribution in [2.24, 2.45) is 0 Å². The number of nitrogens with zero attached hydrogens (tertiary/aromatic N) is 3. The second-order valence-electron chi connectivity index (χ2n) is 8.39. The Bertz CT molecular complexity index is 1420. The van der Waals surface area contributed by atoms with Crippen molar-refractivity contribution >= 4 is 69.7 Å². The number of ether oxygens (including phenoxy) is 1. The molecule has 2 N–H and O–H groups in total. The summed E-state index contributed by atoms with van der Waals surface area (Å²) in [5.41, 5.74) is 4.88. The number of nitrogens with one attached hydrogen (secondary N) is 2. The van der Waals surface area contributed by atoms with Crippen molar-refractivity contribution in [1.29, 1.82) is 0 Å². The molecule has 0 spiro atoms. The van der Waals surface area contributed by atoms with Gasteiger partial charge in [-0.05, 0) is 67.0 Å². The predicted molar refractivity (Wildman–Crippen MR) is 154 cm³/mol. The number of carbonyl (C=O) groups excluding carboxylic acids is 2. The highest BCUT2D eigenvalue weighted by Crippen LogP contribution is 2.26. The molecule has 0 aliphatic heterocycles. The molecule has 3 rings (SSSR count). The molecule has 0 atom stereocenters. The van der Waals surface area contributed by atoms with Crippen molar-refractivity contribution in [3.8, 4) is 0 Å². The summed E-state index contributed by atoms with van der Waals surface area (Å²) in [5, 5.41) is 6.33. The quantitative estimate of drug-likeness (QED) is 0.182. The van der Waals surface area contributed by atoms with Crippen LogP contribution in [0.25, 0.3) is 16.5 Å². The Labute approximate surface area is 226 Å². The summed E-state index contributed by atoms with van der Waals surface area (Å²) in [6.07, 6.45) is 5.80. The van der Waals surface area contributed by atoms with Gasteiger partial charge >= 0.3 is 0 Å². The van der Waals surface area contributed by atoms with Crippen molar-refractivity contribution in [1.82, 2.24) is 15.3 Å². The molecular formula is C27H26B3N5O3. The monoisotopic (exact) mass is 501 g/mol. The molecule has 2 amide bonds. The molecule has 0 saturated heterocycles. The van der Waals surface area contributed by atoms with Crippen molar-refractivity contribution in [2.45, 2.75) is 13.8 Å². The number of benzene rings is 2. The van der Waals surface area contributed by atoms with Crippen LogP contribution in [0, 0.1) is 0 Å². The first kappa shape index (κ1) is 28.5. The molecule has 186 valence electrons. The largest absolute Gasteiger partial charge is 0.383 e. The highest BCUT2D eigenvalue weighted by Gasteiger charge is 2.18. The van der Waals surface area contributed by atoms with Crippen LogP contribution in [0.3, 0.4) is 0 Å². The molecule has 2 aromatic carbocycles. The smallest absolute Gasteiger partial charge is 0.242 e. The van der Waals surface area contributed by atoms with Gasteiger partial charge in [-0.1, -0.05) is 17.6 Å². The number of fused-ring (bicyclic) bond motifs is 1. The first-order valence-electron chi connectivity index (χ1n) is 11.7. The van der Waals surface area contributed by atoms with E-state index >= 15 is 0 Å². The summed E-state index contributed by atoms with van der Waals surface area (Å²) >= 11 is 0. The summed E-state index contributed by atoms with van der Waals surface area (Å²) in [4.78, 5) is 33.8. The van der Waals surface area contributed by atoms with Crippen LogP contribution >= 0.6 is 0 Å². The van der Waals surface area contributed by atoms with Crippen molar-refractivity contribution in [3.63, 3.8) is 0 Å². The van der Waals surface area contributed by atoms with E-state index in [1.165, 1.54) is 4.90 Å². The molecule has 0 aliphatic rings. The molecule has 8 nitrogen and oxygen atoms in total. The lowest BCUT2D eigenvalue weighted by molar-refractivity contribution is -0.114. The minimum Gasteiger partial charge on any atom is -0.383 e. The number of hydrogen-bond acceptors (Lipinski definition) is 6. The number of hydrogen-bond donors (Lipinski definition) is 2. The third-order valence-corrected chi connectivity index (χ3v) is 5.82. The van der Waals surface area contributed by atoms with Gasteiger partial charge in [0.15, 0.2) is 0 Å². The second kappa shape index (κ2) is 13.4. The van der Waals surface area contributed by atoms with Crippen LogP contribution in [-0.4, -0.2) is 66.1 Å². The molecular weight excluding hydrogens is 475 g/mol. The van der Waals surface area contributed by atoms with Crippen molar-refractivity contribution in [3.05, 3.63) is 82.9 Å². The van der Waals surface area contributed by atoms with Crippen molar-refractivity contribution < 1.29 is 14.3 Å². The van der Waals surface area contributed by atoms with E-state index in [2.05, 4.69) is 20.6 Å². The zero-order chi connectivity index (χ0) is 27.7. The molecule has 0 aliphatic carbocycles. The Balaban J connectivity index is 1.85. The maximum absolute atomic E-state index is 12.8. The molecule has 0 bridgehead atoms. The van der Waals surface area contributed by atoms with E-state index in [0.29, 0.717) is 23.7 Å². The second-order valence-corrected chi connectivity index (χ2v) is 8.39. The topological polar surface area (TPSA) is 96.5 Å². The average molecular weight is 501 g/mol. The van der Waals surface area contributed by atoms with Crippen LogP contribution in [0.15, 0.2) is 77.4 Å². The molecule has 1 aromatic heterocycles. The number of anilines is 3. The Hall–Kier alpha value is -4.11. The third kappa shape index (κ3) is 7.23. The lowest BCUT2D eigenvalue weighted by atomic mass is 9.69. The summed E-state index contributed by atoms with van der Waals surface area (Å²) in [5.74, 6) is -0.124. The zero-order valence-electron chi connectivity index (χ0n) is 21.6. The Kier molecular flexibility index (Phi) is 10.1. The van der Waals surface area contributed by atoms with Gasteiger partial charge in [-0.15, -0.1) is 0 Å². The lowest BCUT2D eigenvalue weighted by Gasteiger charge is -2.24. The van der Waals surface area contributed by atoms with Crippen LogP contribution in [0.4, 0.5) is 17.3 Å². The van der Waals surface area contributed by atoms with Crippen molar-refractivity contribution in [2.75, 3.05) is 30.5 Å². The maximum atomic E-state index is 12.8. The average Bonchev–Trinajstić information content (AvgIpc) is 2.92. The fourth-order valence-electron chi connectivity index (χ4n) is 3.57. The molecule has 0 fully saturated rings. The van der Waals surface area contributed by atoms with E-state index in [4.69, 9.17) is 28.3 Å². The standard InChI is InChI=1S/C27H26B3N5O3/c1-17(9-10-31-16-36)18(2)19-7-8-23-20(13-19)15-32-27(34-23)33-21-5-4-6-22(14-21)35(11-12-38-3)26(37)24(28)25(29)30/h4-10,13-16H,11-12H2,1-3H3,(H,31,36)(H,32,33,34)/b10-9-,18-17+. The fourth-order valence-corrected chi connectivity index (χ4v) is 3.57. The van der Waals surface area contributed by atoms with E-state index in [9.17, 15) is 9.59 Å². The minimum atomic E-state index is -0.521. The molecule has 38 heavy (non-hydrogen) atoms. The Morgan fingerprint density at radius 1 is 1.13 bits per heavy atom. The van der Waals surface area contributed by atoms with Gasteiger partial charge in [-0.25, -0.2) is 9.97 Å². The van der Waals surface area contributed by atoms with Crippen LogP contribution < -0.4 is 15.5 Å². The van der Waals surface area contributed by atoms with E-state index < -0.39 is 5.91 Å². The van der Waals surface area contributed by atoms with Gasteiger partial charge in [0, 0.05) is 42.8 Å². The Morgan fingerprint density at radius 2 is 1.92 bits per heavy atom. The van der Waals surface area contributed by atoms with E-state index in [1.807, 2.05) is 44.2 Å². The number of rotatable bonds is 11. The van der Waals surface area contributed by atoms with E-state index in [0.717, 1.165) is 27.6 Å². The summed E-state index contributed by atoms with van der Waals surface area (Å²) in [6.45, 7) is 4.52. The van der Waals surface area contributed by atoms with E-state index in [-0.39, 0.29) is 24.0 Å². The predicted octanol–water partition coefficient (Wildman–Crippen LogP) is 3.08. The third-order valence-electron chi connectivity index (χ3n) is 5.82. The summed E-state index contributed by atoms with van der Waals surface area (Å²) in [7, 11) is 18.4. The van der Waals surface area contributed by atoms with Gasteiger partial charge in [0.05, 0.1) is 27.8 Å². The SMILES string of the molecule is [B]C([B])=C([B])C(=O)N(CCOC)c1cccc(Nc2ncc3cc(/C(C)=C(C)/C=C\NC=O)ccc3n2)c1. The Morgan fingerprint density at radius 3 is 2.63 bits per heavy atom. The number of amides is 2. The van der Waals surface area contributed by atoms with E-state index in [1.54, 1.807) is 37.7 Å². The van der Waals surface area contributed by atoms with Gasteiger partial charge in [-0.2, -0.15) is 5.37 Å². The summed E-state index contributed by atoms with van der Waals surface area (Å²) < 4.78 is 5.14. The van der Waals surface area contributed by atoms with Crippen LogP contribution in [0.5, 0.6) is 0 Å². The van der Waals surface area contributed by atoms with Crippen LogP contribution in [0.1, 0.15) is 19.4 Å². The van der Waals surface area contributed by atoms with Gasteiger partial charge in [0.25, 0.3) is 0 Å². The van der Waals surface area contributed by atoms with Gasteiger partial charge in [-0.3, -0.25) is 9.59 Å². The lowest BCUT2D eigenvalue weighted by Crippen LogP contribution is -2.35. The molecule has 6 radical (unpaired) electrons. The molecule has 11 heteroatoms. The van der Waals surface area contributed by atoms with Crippen LogP contribution in [-0.2, 0) is 14.3 Å². The number of carbonyl (C=O) groups is 2. The molecule has 3 aromatic rings.